The molecule has 0 aliphatic heterocycles. The SMILES string of the molecule is COc1nc(-c2cccc(-c3cccc(-c4cnc(CNC5CCC5)c(OC)n4)c3Cl)c2Cl)cnc1CNC1CCC1. The molecule has 0 unspecified atom stereocenters. The zero-order valence-electron chi connectivity index (χ0n) is 23.8. The van der Waals surface area contributed by atoms with E-state index in [0.29, 0.717) is 58.4 Å². The van der Waals surface area contributed by atoms with Crippen LogP contribution in [0.3, 0.4) is 0 Å². The second-order valence-electron chi connectivity index (χ2n) is 10.8. The van der Waals surface area contributed by atoms with Gasteiger partial charge in [-0.25, -0.2) is 9.97 Å². The molecule has 2 aliphatic carbocycles. The van der Waals surface area contributed by atoms with Gasteiger partial charge in [-0.05, 0) is 25.7 Å². The van der Waals surface area contributed by atoms with Crippen molar-refractivity contribution in [3.63, 3.8) is 0 Å². The van der Waals surface area contributed by atoms with E-state index in [4.69, 9.17) is 42.6 Å². The first-order valence-electron chi connectivity index (χ1n) is 14.4. The third-order valence-electron chi connectivity index (χ3n) is 8.18. The van der Waals surface area contributed by atoms with Gasteiger partial charge in [-0.15, -0.1) is 0 Å². The van der Waals surface area contributed by atoms with Crippen LogP contribution in [0.1, 0.15) is 49.9 Å². The second kappa shape index (κ2) is 12.9. The molecule has 0 amide bonds. The van der Waals surface area contributed by atoms with Crippen molar-refractivity contribution in [2.75, 3.05) is 14.2 Å². The number of halogens is 2. The van der Waals surface area contributed by atoms with Crippen molar-refractivity contribution in [3.8, 4) is 45.4 Å². The van der Waals surface area contributed by atoms with E-state index < -0.39 is 0 Å². The lowest BCUT2D eigenvalue weighted by Crippen LogP contribution is -2.34. The fraction of sp³-hybridized carbons (Fsp3) is 0.375. The van der Waals surface area contributed by atoms with Gasteiger partial charge in [-0.1, -0.05) is 72.4 Å². The minimum absolute atomic E-state index is 0.486. The molecule has 2 aromatic carbocycles. The van der Waals surface area contributed by atoms with Crippen LogP contribution in [0.2, 0.25) is 10.0 Å². The predicted octanol–water partition coefficient (Wildman–Crippen LogP) is 6.88. The van der Waals surface area contributed by atoms with E-state index in [1.165, 1.54) is 38.5 Å². The number of benzene rings is 2. The smallest absolute Gasteiger partial charge is 0.237 e. The van der Waals surface area contributed by atoms with Crippen LogP contribution >= 0.6 is 23.2 Å². The summed E-state index contributed by atoms with van der Waals surface area (Å²) in [6.45, 7) is 1.23. The number of ether oxygens (including phenoxy) is 2. The molecular weight excluding hydrogens is 571 g/mol. The second-order valence-corrected chi connectivity index (χ2v) is 11.5. The lowest BCUT2D eigenvalue weighted by atomic mass is 9.93. The van der Waals surface area contributed by atoms with Gasteiger partial charge in [0.2, 0.25) is 11.8 Å². The molecule has 42 heavy (non-hydrogen) atoms. The predicted molar refractivity (Wildman–Crippen MR) is 166 cm³/mol. The monoisotopic (exact) mass is 604 g/mol. The highest BCUT2D eigenvalue weighted by Crippen LogP contribution is 2.42. The molecule has 6 rings (SSSR count). The van der Waals surface area contributed by atoms with Crippen LogP contribution in [0.25, 0.3) is 33.6 Å². The average molecular weight is 606 g/mol. The van der Waals surface area contributed by atoms with Crippen LogP contribution in [0.4, 0.5) is 0 Å². The molecule has 2 saturated carbocycles. The third-order valence-corrected chi connectivity index (χ3v) is 8.99. The van der Waals surface area contributed by atoms with Crippen molar-refractivity contribution < 1.29 is 9.47 Å². The van der Waals surface area contributed by atoms with E-state index in [9.17, 15) is 0 Å². The Morgan fingerprint density at radius 3 is 1.43 bits per heavy atom. The summed E-state index contributed by atoms with van der Waals surface area (Å²) >= 11 is 14.0. The van der Waals surface area contributed by atoms with E-state index in [1.807, 2.05) is 36.4 Å². The number of nitrogens with zero attached hydrogens (tertiary/aromatic N) is 4. The van der Waals surface area contributed by atoms with Crippen molar-refractivity contribution in [3.05, 3.63) is 70.2 Å². The first kappa shape index (κ1) is 28.8. The summed E-state index contributed by atoms with van der Waals surface area (Å²) in [5.41, 5.74) is 5.84. The normalized spacial score (nSPS) is 15.2. The van der Waals surface area contributed by atoms with Gasteiger partial charge >= 0.3 is 0 Å². The summed E-state index contributed by atoms with van der Waals surface area (Å²) in [7, 11) is 3.22. The quantitative estimate of drug-likeness (QED) is 0.191. The van der Waals surface area contributed by atoms with Crippen molar-refractivity contribution in [2.45, 2.75) is 63.7 Å². The third kappa shape index (κ3) is 5.95. The van der Waals surface area contributed by atoms with Gasteiger partial charge in [0.15, 0.2) is 0 Å². The highest BCUT2D eigenvalue weighted by atomic mass is 35.5. The summed E-state index contributed by atoms with van der Waals surface area (Å²) in [5, 5.41) is 8.08. The largest absolute Gasteiger partial charge is 0.480 e. The van der Waals surface area contributed by atoms with Crippen LogP contribution in [0, 0.1) is 0 Å². The van der Waals surface area contributed by atoms with E-state index in [2.05, 4.69) is 20.6 Å². The van der Waals surface area contributed by atoms with Gasteiger partial charge in [0, 0.05) is 47.4 Å². The molecular formula is C32H34Cl2N6O2. The van der Waals surface area contributed by atoms with E-state index in [0.717, 1.165) is 33.6 Å². The summed E-state index contributed by atoms with van der Waals surface area (Å²) < 4.78 is 11.2. The fourth-order valence-electron chi connectivity index (χ4n) is 5.21. The Kier molecular flexibility index (Phi) is 8.86. The molecule has 0 radical (unpaired) electrons. The van der Waals surface area contributed by atoms with Gasteiger partial charge in [0.25, 0.3) is 0 Å². The Balaban J connectivity index is 1.28. The van der Waals surface area contributed by atoms with Gasteiger partial charge in [0.1, 0.15) is 11.4 Å². The van der Waals surface area contributed by atoms with Crippen LogP contribution in [-0.2, 0) is 13.1 Å². The van der Waals surface area contributed by atoms with E-state index >= 15 is 0 Å². The number of rotatable bonds is 11. The number of methoxy groups -OCH3 is 2. The molecule has 4 aromatic rings. The van der Waals surface area contributed by atoms with Crippen molar-refractivity contribution >= 4 is 23.2 Å². The molecule has 0 bridgehead atoms. The molecule has 2 aromatic heterocycles. The minimum atomic E-state index is 0.486. The number of hydrogen-bond acceptors (Lipinski definition) is 8. The Morgan fingerprint density at radius 2 is 1.07 bits per heavy atom. The zero-order chi connectivity index (χ0) is 29.1. The molecule has 0 saturated heterocycles. The maximum atomic E-state index is 7.02. The molecule has 2 N–H and O–H groups in total. The number of nitrogens with one attached hydrogen (secondary N) is 2. The highest BCUT2D eigenvalue weighted by molar-refractivity contribution is 6.39. The zero-order valence-corrected chi connectivity index (χ0v) is 25.3. The number of aromatic nitrogens is 4. The Bertz CT molecular complexity index is 1460. The Hall–Kier alpha value is -3.30. The molecule has 0 spiro atoms. The lowest BCUT2D eigenvalue weighted by molar-refractivity contribution is 0.330. The lowest BCUT2D eigenvalue weighted by Gasteiger charge is -2.26. The summed E-state index contributed by atoms with van der Waals surface area (Å²) in [6.07, 6.45) is 10.8. The van der Waals surface area contributed by atoms with Gasteiger partial charge in [-0.3, -0.25) is 9.97 Å². The highest BCUT2D eigenvalue weighted by Gasteiger charge is 2.21. The topological polar surface area (TPSA) is 94.1 Å². The van der Waals surface area contributed by atoms with Gasteiger partial charge in [0.05, 0.1) is 48.0 Å². The Morgan fingerprint density at radius 1 is 0.667 bits per heavy atom. The molecule has 2 fully saturated rings. The molecule has 0 atom stereocenters. The first-order chi connectivity index (χ1) is 20.6. The number of hydrogen-bond donors (Lipinski definition) is 2. The first-order valence-corrected chi connectivity index (χ1v) is 15.2. The van der Waals surface area contributed by atoms with Crippen LogP contribution in [0.5, 0.6) is 11.8 Å². The van der Waals surface area contributed by atoms with Gasteiger partial charge < -0.3 is 20.1 Å². The fourth-order valence-corrected chi connectivity index (χ4v) is 5.85. The Labute approximate surface area is 256 Å². The maximum absolute atomic E-state index is 7.02. The van der Waals surface area contributed by atoms with Crippen LogP contribution in [0.15, 0.2) is 48.8 Å². The van der Waals surface area contributed by atoms with E-state index in [-0.39, 0.29) is 0 Å². The summed E-state index contributed by atoms with van der Waals surface area (Å²) in [5.74, 6) is 0.972. The van der Waals surface area contributed by atoms with Crippen molar-refractivity contribution in [1.82, 2.24) is 30.6 Å². The standard InChI is InChI=1S/C32H34Cl2N6O2/c1-41-31-27(17-35-19-7-3-8-19)37-15-25(39-31)23-13-5-11-21(29(23)33)22-12-6-14-24(30(22)34)26-16-38-28(32(40-26)42-2)18-36-20-9-4-10-20/h5-6,11-16,19-20,35-36H,3-4,7-10,17-18H2,1-2H3. The van der Waals surface area contributed by atoms with E-state index in [1.54, 1.807) is 26.6 Å². The molecule has 2 heterocycles. The maximum Gasteiger partial charge on any atom is 0.237 e. The van der Waals surface area contributed by atoms with Crippen molar-refractivity contribution in [2.24, 2.45) is 0 Å². The van der Waals surface area contributed by atoms with Crippen LogP contribution in [-0.4, -0.2) is 46.2 Å². The van der Waals surface area contributed by atoms with Gasteiger partial charge in [-0.2, -0.15) is 0 Å². The van der Waals surface area contributed by atoms with Crippen LogP contribution < -0.4 is 20.1 Å². The molecule has 2 aliphatic rings. The minimum Gasteiger partial charge on any atom is -0.480 e. The summed E-state index contributed by atoms with van der Waals surface area (Å²) in [4.78, 5) is 18.8. The van der Waals surface area contributed by atoms with Crippen molar-refractivity contribution in [1.29, 1.82) is 0 Å². The molecule has 218 valence electrons. The molecule has 8 nitrogen and oxygen atoms in total. The molecule has 10 heteroatoms. The summed E-state index contributed by atoms with van der Waals surface area (Å²) in [6, 6.07) is 12.7. The average Bonchev–Trinajstić information content (AvgIpc) is 2.96.